The number of imide groups is 1. The molecule has 0 bridgehead atoms. The zero-order valence-corrected chi connectivity index (χ0v) is 18.7. The molecule has 0 saturated carbocycles. The molecule has 4 rings (SSSR count). The van der Waals surface area contributed by atoms with Crippen LogP contribution in [0.15, 0.2) is 48.7 Å². The second-order valence-electron chi connectivity index (χ2n) is 7.67. The lowest BCUT2D eigenvalue weighted by atomic mass is 9.93. The zero-order chi connectivity index (χ0) is 21.1. The topological polar surface area (TPSA) is 81.7 Å². The number of nitrogens with one attached hydrogen (secondary N) is 2. The Labute approximate surface area is 189 Å². The number of anilines is 2. The summed E-state index contributed by atoms with van der Waals surface area (Å²) >= 11 is 2.17. The van der Waals surface area contributed by atoms with E-state index in [1.807, 2.05) is 24.3 Å². The highest BCUT2D eigenvalue weighted by Crippen LogP contribution is 2.28. The van der Waals surface area contributed by atoms with Gasteiger partial charge in [0, 0.05) is 52.0 Å². The summed E-state index contributed by atoms with van der Waals surface area (Å²) in [4.78, 5) is 26.8. The first kappa shape index (κ1) is 20.9. The summed E-state index contributed by atoms with van der Waals surface area (Å²) in [7, 11) is 0. The van der Waals surface area contributed by atoms with Gasteiger partial charge in [0.05, 0.1) is 5.57 Å². The Kier molecular flexibility index (Phi) is 6.38. The number of carbonyl (C=O) groups is 2. The molecule has 0 aliphatic carbocycles. The van der Waals surface area contributed by atoms with Crippen LogP contribution in [0, 0.1) is 9.49 Å². The first-order chi connectivity index (χ1) is 14.5. The molecule has 2 aromatic carbocycles. The Hall–Kier alpha value is -2.39. The molecular weight excluding hydrogens is 493 g/mol. The van der Waals surface area contributed by atoms with Crippen molar-refractivity contribution in [1.29, 1.82) is 0 Å². The lowest BCUT2D eigenvalue weighted by molar-refractivity contribution is -0.114. The molecule has 156 valence electrons. The van der Waals surface area contributed by atoms with Gasteiger partial charge in [-0.2, -0.15) is 0 Å². The molecule has 2 aliphatic rings. The van der Waals surface area contributed by atoms with Gasteiger partial charge >= 0.3 is 0 Å². The highest BCUT2D eigenvalue weighted by molar-refractivity contribution is 14.1. The molecule has 1 fully saturated rings. The first-order valence-corrected chi connectivity index (χ1v) is 11.2. The third-order valence-corrected chi connectivity index (χ3v) is 6.43. The lowest BCUT2D eigenvalue weighted by Crippen LogP contribution is -2.36. The molecule has 2 amide bonds. The molecular formula is C23H24IN3O3. The van der Waals surface area contributed by atoms with Gasteiger partial charge in [0.25, 0.3) is 11.8 Å². The van der Waals surface area contributed by atoms with Crippen molar-refractivity contribution in [3.63, 3.8) is 0 Å². The molecule has 3 N–H and O–H groups in total. The molecule has 0 unspecified atom stereocenters. The van der Waals surface area contributed by atoms with Crippen molar-refractivity contribution in [1.82, 2.24) is 5.32 Å². The number of amides is 2. The number of halogens is 1. The minimum Gasteiger partial charge on any atom is -0.396 e. The summed E-state index contributed by atoms with van der Waals surface area (Å²) < 4.78 is 0.965. The van der Waals surface area contributed by atoms with Gasteiger partial charge in [0.1, 0.15) is 0 Å². The summed E-state index contributed by atoms with van der Waals surface area (Å²) in [6.45, 7) is 2.28. The Balaban J connectivity index is 1.46. The van der Waals surface area contributed by atoms with Crippen LogP contribution in [-0.4, -0.2) is 36.6 Å². The number of rotatable bonds is 5. The van der Waals surface area contributed by atoms with Crippen LogP contribution >= 0.6 is 22.6 Å². The molecule has 2 aliphatic heterocycles. The Bertz CT molecular complexity index is 980. The number of piperidine rings is 1. The van der Waals surface area contributed by atoms with Crippen molar-refractivity contribution in [3.8, 4) is 0 Å². The monoisotopic (exact) mass is 517 g/mol. The third kappa shape index (κ3) is 4.52. The Morgan fingerprint density at radius 1 is 1.07 bits per heavy atom. The fourth-order valence-electron chi connectivity index (χ4n) is 4.03. The summed E-state index contributed by atoms with van der Waals surface area (Å²) in [6.07, 6.45) is 4.77. The Morgan fingerprint density at radius 3 is 2.50 bits per heavy atom. The van der Waals surface area contributed by atoms with Crippen LogP contribution < -0.4 is 15.5 Å². The van der Waals surface area contributed by atoms with E-state index in [0.717, 1.165) is 41.6 Å². The number of hydrogen-bond acceptors (Lipinski definition) is 5. The van der Waals surface area contributed by atoms with Crippen LogP contribution in [-0.2, 0) is 4.79 Å². The van der Waals surface area contributed by atoms with Gasteiger partial charge in [-0.05, 0) is 90.2 Å². The Morgan fingerprint density at radius 2 is 1.80 bits per heavy atom. The number of nitrogens with zero attached hydrogens (tertiary/aromatic N) is 1. The number of benzene rings is 2. The lowest BCUT2D eigenvalue weighted by Gasteiger charge is -2.33. The van der Waals surface area contributed by atoms with Crippen molar-refractivity contribution in [2.45, 2.75) is 19.3 Å². The fourth-order valence-corrected chi connectivity index (χ4v) is 4.52. The van der Waals surface area contributed by atoms with E-state index in [1.165, 1.54) is 5.69 Å². The van der Waals surface area contributed by atoms with Gasteiger partial charge in [-0.3, -0.25) is 14.9 Å². The SMILES string of the molecule is O=C1NC(=O)c2ccc(I)cc2/C1=C/Nc1ccc(N2CCC(CCO)CC2)cc1. The van der Waals surface area contributed by atoms with E-state index in [-0.39, 0.29) is 12.5 Å². The van der Waals surface area contributed by atoms with Crippen molar-refractivity contribution >= 4 is 51.4 Å². The average molecular weight is 517 g/mol. The van der Waals surface area contributed by atoms with Crippen LogP contribution in [0.3, 0.4) is 0 Å². The van der Waals surface area contributed by atoms with Crippen LogP contribution in [0.5, 0.6) is 0 Å². The third-order valence-electron chi connectivity index (χ3n) is 5.76. The van der Waals surface area contributed by atoms with Crippen LogP contribution in [0.2, 0.25) is 0 Å². The molecule has 0 spiro atoms. The minimum absolute atomic E-state index is 0.274. The normalized spacial score (nSPS) is 18.3. The number of hydrogen-bond donors (Lipinski definition) is 3. The van der Waals surface area contributed by atoms with E-state index in [1.54, 1.807) is 12.3 Å². The molecule has 30 heavy (non-hydrogen) atoms. The standard InChI is InChI=1S/C23H24IN3O3/c24-16-1-6-19-20(13-16)21(23(30)26-22(19)29)14-25-17-2-4-18(5-3-17)27-10-7-15(8-11-27)9-12-28/h1-6,13-15,25,28H,7-12H2,(H,26,29,30)/b21-14-. The number of aliphatic hydroxyl groups is 1. The van der Waals surface area contributed by atoms with E-state index in [4.69, 9.17) is 5.11 Å². The molecule has 0 atom stereocenters. The maximum absolute atomic E-state index is 12.4. The zero-order valence-electron chi connectivity index (χ0n) is 16.5. The van der Waals surface area contributed by atoms with Gasteiger partial charge in [-0.25, -0.2) is 0 Å². The first-order valence-electron chi connectivity index (χ1n) is 10.1. The van der Waals surface area contributed by atoms with Gasteiger partial charge in [-0.1, -0.05) is 0 Å². The van der Waals surface area contributed by atoms with Crippen molar-refractivity contribution in [2.24, 2.45) is 5.92 Å². The van der Waals surface area contributed by atoms with Gasteiger partial charge < -0.3 is 15.3 Å². The maximum Gasteiger partial charge on any atom is 0.260 e. The number of aliphatic hydroxyl groups excluding tert-OH is 1. The van der Waals surface area contributed by atoms with Crippen LogP contribution in [0.25, 0.3) is 5.57 Å². The second-order valence-corrected chi connectivity index (χ2v) is 8.91. The number of fused-ring (bicyclic) bond motifs is 1. The molecule has 1 saturated heterocycles. The highest BCUT2D eigenvalue weighted by Gasteiger charge is 2.27. The van der Waals surface area contributed by atoms with Crippen molar-refractivity contribution < 1.29 is 14.7 Å². The molecule has 2 aromatic rings. The second kappa shape index (κ2) is 9.18. The van der Waals surface area contributed by atoms with E-state index < -0.39 is 5.91 Å². The van der Waals surface area contributed by atoms with Crippen molar-refractivity contribution in [2.75, 3.05) is 29.9 Å². The van der Waals surface area contributed by atoms with Gasteiger partial charge in [-0.15, -0.1) is 0 Å². The van der Waals surface area contributed by atoms with E-state index in [9.17, 15) is 9.59 Å². The molecule has 0 radical (unpaired) electrons. The van der Waals surface area contributed by atoms with Gasteiger partial charge in [0.15, 0.2) is 0 Å². The fraction of sp³-hybridized carbons (Fsp3) is 0.304. The highest BCUT2D eigenvalue weighted by atomic mass is 127. The predicted molar refractivity (Wildman–Crippen MR) is 126 cm³/mol. The average Bonchev–Trinajstić information content (AvgIpc) is 2.74. The van der Waals surface area contributed by atoms with E-state index in [0.29, 0.717) is 22.6 Å². The van der Waals surface area contributed by atoms with E-state index in [2.05, 4.69) is 50.3 Å². The minimum atomic E-state index is -0.399. The number of carbonyl (C=O) groups excluding carboxylic acids is 2. The summed E-state index contributed by atoms with van der Waals surface area (Å²) in [6, 6.07) is 13.6. The van der Waals surface area contributed by atoms with Crippen LogP contribution in [0.4, 0.5) is 11.4 Å². The van der Waals surface area contributed by atoms with E-state index >= 15 is 0 Å². The molecule has 0 aromatic heterocycles. The summed E-state index contributed by atoms with van der Waals surface area (Å²) in [5, 5.41) is 14.7. The summed E-state index contributed by atoms with van der Waals surface area (Å²) in [5.41, 5.74) is 3.64. The largest absolute Gasteiger partial charge is 0.396 e. The van der Waals surface area contributed by atoms with Gasteiger partial charge in [0.2, 0.25) is 0 Å². The predicted octanol–water partition coefficient (Wildman–Crippen LogP) is 3.61. The smallest absolute Gasteiger partial charge is 0.260 e. The molecule has 6 nitrogen and oxygen atoms in total. The quantitative estimate of drug-likeness (QED) is 0.321. The molecule has 2 heterocycles. The van der Waals surface area contributed by atoms with Crippen molar-refractivity contribution in [3.05, 3.63) is 63.4 Å². The molecule has 7 heteroatoms. The van der Waals surface area contributed by atoms with Crippen LogP contribution in [0.1, 0.15) is 35.2 Å². The maximum atomic E-state index is 12.4. The summed E-state index contributed by atoms with van der Waals surface area (Å²) in [5.74, 6) is -0.140.